The van der Waals surface area contributed by atoms with E-state index < -0.39 is 11.9 Å². The van der Waals surface area contributed by atoms with Crippen LogP contribution in [0.4, 0.5) is 4.39 Å². The number of carboxylic acid groups (broad SMARTS) is 1. The Bertz CT molecular complexity index is 565. The maximum atomic E-state index is 12.9. The molecule has 1 atom stereocenters. The van der Waals surface area contributed by atoms with Gasteiger partial charge < -0.3 is 10.0 Å². The molecule has 112 valence electrons. The lowest BCUT2D eigenvalue weighted by molar-refractivity contribution is -0.144. The van der Waals surface area contributed by atoms with Crippen molar-refractivity contribution in [2.24, 2.45) is 5.92 Å². The second kappa shape index (κ2) is 6.52. The number of halogens is 1. The van der Waals surface area contributed by atoms with Crippen molar-refractivity contribution in [2.45, 2.75) is 19.8 Å². The van der Waals surface area contributed by atoms with E-state index in [0.29, 0.717) is 19.4 Å². The number of likely N-dealkylation sites (tertiary alicyclic amines) is 1. The standard InChI is InChI=1S/C16H18FNO3/c1-11(12-4-6-14(17)7-5-12)9-15(19)18-8-2-3-13(10-18)16(20)21/h4-7,9,13H,2-3,8,10H2,1H3,(H,20,21)/b11-9+. The van der Waals surface area contributed by atoms with E-state index in [9.17, 15) is 14.0 Å². The minimum atomic E-state index is -0.855. The third kappa shape index (κ3) is 3.90. The van der Waals surface area contributed by atoms with E-state index in [4.69, 9.17) is 5.11 Å². The number of carboxylic acids is 1. The summed E-state index contributed by atoms with van der Waals surface area (Å²) in [7, 11) is 0. The van der Waals surface area contributed by atoms with Gasteiger partial charge in [0.2, 0.25) is 5.91 Å². The molecule has 21 heavy (non-hydrogen) atoms. The lowest BCUT2D eigenvalue weighted by Crippen LogP contribution is -2.41. The number of carbonyl (C=O) groups is 2. The van der Waals surface area contributed by atoms with Crippen LogP contribution >= 0.6 is 0 Å². The molecule has 0 aromatic heterocycles. The minimum Gasteiger partial charge on any atom is -0.481 e. The number of allylic oxidation sites excluding steroid dienone is 1. The second-order valence-electron chi connectivity index (χ2n) is 5.30. The predicted octanol–water partition coefficient (Wildman–Crippen LogP) is 2.55. The Morgan fingerprint density at radius 3 is 2.62 bits per heavy atom. The highest BCUT2D eigenvalue weighted by Gasteiger charge is 2.27. The SMILES string of the molecule is C/C(=C\C(=O)N1CCCC(C(=O)O)C1)c1ccc(F)cc1. The van der Waals surface area contributed by atoms with E-state index in [1.807, 2.05) is 0 Å². The van der Waals surface area contributed by atoms with Gasteiger partial charge in [-0.1, -0.05) is 12.1 Å². The summed E-state index contributed by atoms with van der Waals surface area (Å²) in [4.78, 5) is 24.8. The molecule has 1 N–H and O–H groups in total. The van der Waals surface area contributed by atoms with Gasteiger partial charge in [-0.3, -0.25) is 9.59 Å². The summed E-state index contributed by atoms with van der Waals surface area (Å²) in [6.45, 7) is 2.61. The fourth-order valence-corrected chi connectivity index (χ4v) is 2.45. The fraction of sp³-hybridized carbons (Fsp3) is 0.375. The average molecular weight is 291 g/mol. The van der Waals surface area contributed by atoms with Crippen LogP contribution in [-0.2, 0) is 9.59 Å². The fourth-order valence-electron chi connectivity index (χ4n) is 2.45. The van der Waals surface area contributed by atoms with Crippen molar-refractivity contribution >= 4 is 17.4 Å². The van der Waals surface area contributed by atoms with Gasteiger partial charge in [-0.05, 0) is 43.0 Å². The number of nitrogens with zero attached hydrogens (tertiary/aromatic N) is 1. The molecule has 1 heterocycles. The molecule has 0 bridgehead atoms. The average Bonchev–Trinajstić information content (AvgIpc) is 2.48. The van der Waals surface area contributed by atoms with Crippen LogP contribution in [0.15, 0.2) is 30.3 Å². The van der Waals surface area contributed by atoms with Gasteiger partial charge in [0, 0.05) is 19.2 Å². The van der Waals surface area contributed by atoms with Gasteiger partial charge in [-0.2, -0.15) is 0 Å². The molecule has 1 fully saturated rings. The van der Waals surface area contributed by atoms with Crippen molar-refractivity contribution in [1.82, 2.24) is 4.90 Å². The maximum Gasteiger partial charge on any atom is 0.308 e. The van der Waals surface area contributed by atoms with Gasteiger partial charge >= 0.3 is 5.97 Å². The van der Waals surface area contributed by atoms with Crippen molar-refractivity contribution in [3.8, 4) is 0 Å². The van der Waals surface area contributed by atoms with E-state index in [-0.39, 0.29) is 18.3 Å². The number of piperidine rings is 1. The van der Waals surface area contributed by atoms with E-state index in [1.54, 1.807) is 24.0 Å². The van der Waals surface area contributed by atoms with E-state index in [0.717, 1.165) is 11.1 Å². The van der Waals surface area contributed by atoms with Gasteiger partial charge in [0.25, 0.3) is 0 Å². The van der Waals surface area contributed by atoms with Gasteiger partial charge in [0.1, 0.15) is 5.82 Å². The molecule has 4 nitrogen and oxygen atoms in total. The minimum absolute atomic E-state index is 0.192. The predicted molar refractivity (Wildman–Crippen MR) is 77.0 cm³/mol. The van der Waals surface area contributed by atoms with Crippen LogP contribution in [-0.4, -0.2) is 35.0 Å². The summed E-state index contributed by atoms with van der Waals surface area (Å²) in [6.07, 6.45) is 2.80. The van der Waals surface area contributed by atoms with E-state index >= 15 is 0 Å². The van der Waals surface area contributed by atoms with Crippen molar-refractivity contribution in [1.29, 1.82) is 0 Å². The Kier molecular flexibility index (Phi) is 4.73. The highest BCUT2D eigenvalue weighted by Crippen LogP contribution is 2.19. The Morgan fingerprint density at radius 2 is 2.00 bits per heavy atom. The monoisotopic (exact) mass is 291 g/mol. The largest absolute Gasteiger partial charge is 0.481 e. The first-order valence-electron chi connectivity index (χ1n) is 6.93. The molecule has 1 amide bonds. The summed E-state index contributed by atoms with van der Waals surface area (Å²) in [5.41, 5.74) is 1.51. The van der Waals surface area contributed by atoms with Gasteiger partial charge in [-0.15, -0.1) is 0 Å². The summed E-state index contributed by atoms with van der Waals surface area (Å²) < 4.78 is 12.9. The first kappa shape index (κ1) is 15.2. The van der Waals surface area contributed by atoms with Gasteiger partial charge in [0.05, 0.1) is 5.92 Å². The number of aliphatic carboxylic acids is 1. The third-order valence-corrected chi connectivity index (χ3v) is 3.72. The lowest BCUT2D eigenvalue weighted by Gasteiger charge is -2.30. The molecule has 1 saturated heterocycles. The molecular weight excluding hydrogens is 273 g/mol. The zero-order valence-corrected chi connectivity index (χ0v) is 11.9. The van der Waals surface area contributed by atoms with Crippen LogP contribution in [0.5, 0.6) is 0 Å². The molecule has 0 spiro atoms. The highest BCUT2D eigenvalue weighted by atomic mass is 19.1. The summed E-state index contributed by atoms with van der Waals surface area (Å²) in [5, 5.41) is 9.03. The molecule has 1 aliphatic rings. The Labute approximate surface area is 122 Å². The Balaban J connectivity index is 2.07. The maximum absolute atomic E-state index is 12.9. The number of amides is 1. The second-order valence-corrected chi connectivity index (χ2v) is 5.30. The van der Waals surface area contributed by atoms with Gasteiger partial charge in [-0.25, -0.2) is 4.39 Å². The molecule has 1 aromatic rings. The van der Waals surface area contributed by atoms with Crippen molar-refractivity contribution < 1.29 is 19.1 Å². The summed E-state index contributed by atoms with van der Waals surface area (Å²) in [6, 6.07) is 5.92. The smallest absolute Gasteiger partial charge is 0.308 e. The molecule has 1 aliphatic heterocycles. The topological polar surface area (TPSA) is 57.6 Å². The number of hydrogen-bond donors (Lipinski definition) is 1. The van der Waals surface area contributed by atoms with Crippen LogP contribution in [0, 0.1) is 11.7 Å². The molecular formula is C16H18FNO3. The van der Waals surface area contributed by atoms with Crippen molar-refractivity contribution in [2.75, 3.05) is 13.1 Å². The lowest BCUT2D eigenvalue weighted by atomic mass is 9.98. The molecule has 1 aromatic carbocycles. The summed E-state index contributed by atoms with van der Waals surface area (Å²) in [5.74, 6) is -1.85. The van der Waals surface area contributed by atoms with Gasteiger partial charge in [0.15, 0.2) is 0 Å². The first-order chi connectivity index (χ1) is 9.97. The summed E-state index contributed by atoms with van der Waals surface area (Å²) >= 11 is 0. The Morgan fingerprint density at radius 1 is 1.33 bits per heavy atom. The molecule has 1 unspecified atom stereocenters. The molecule has 2 rings (SSSR count). The third-order valence-electron chi connectivity index (χ3n) is 3.72. The van der Waals surface area contributed by atoms with Crippen molar-refractivity contribution in [3.63, 3.8) is 0 Å². The van der Waals surface area contributed by atoms with Crippen LogP contribution < -0.4 is 0 Å². The number of rotatable bonds is 3. The van der Waals surface area contributed by atoms with Crippen LogP contribution in [0.1, 0.15) is 25.3 Å². The molecule has 0 radical (unpaired) electrons. The highest BCUT2D eigenvalue weighted by molar-refractivity contribution is 5.95. The van der Waals surface area contributed by atoms with E-state index in [1.165, 1.54) is 18.2 Å². The van der Waals surface area contributed by atoms with Crippen molar-refractivity contribution in [3.05, 3.63) is 41.7 Å². The zero-order chi connectivity index (χ0) is 15.4. The normalized spacial score (nSPS) is 19.4. The Hall–Kier alpha value is -2.17. The number of hydrogen-bond acceptors (Lipinski definition) is 2. The number of benzene rings is 1. The van der Waals surface area contributed by atoms with E-state index in [2.05, 4.69) is 0 Å². The number of carbonyl (C=O) groups excluding carboxylic acids is 1. The molecule has 0 saturated carbocycles. The molecule has 5 heteroatoms. The molecule has 0 aliphatic carbocycles. The van der Waals surface area contributed by atoms with Crippen LogP contribution in [0.2, 0.25) is 0 Å². The zero-order valence-electron chi connectivity index (χ0n) is 11.9. The quantitative estimate of drug-likeness (QED) is 0.871. The van der Waals surface area contributed by atoms with Crippen LogP contribution in [0.25, 0.3) is 5.57 Å². The van der Waals surface area contributed by atoms with Crippen LogP contribution in [0.3, 0.4) is 0 Å². The first-order valence-corrected chi connectivity index (χ1v) is 6.93.